The minimum Gasteiger partial charge on any atom is -0.454 e. The molecule has 144 valence electrons. The largest absolute Gasteiger partial charge is 0.454 e. The molecule has 1 saturated carbocycles. The number of halogens is 1. The average Bonchev–Trinajstić information content (AvgIpc) is 2.92. The Balaban J connectivity index is 1.54. The lowest BCUT2D eigenvalue weighted by Crippen LogP contribution is -2.45. The lowest BCUT2D eigenvalue weighted by Gasteiger charge is -2.21. The molecule has 0 bridgehead atoms. The monoisotopic (exact) mass is 376 g/mol. The summed E-state index contributed by atoms with van der Waals surface area (Å²) >= 11 is 0. The van der Waals surface area contributed by atoms with E-state index in [1.807, 2.05) is 0 Å². The van der Waals surface area contributed by atoms with Crippen molar-refractivity contribution in [2.45, 2.75) is 38.6 Å². The Morgan fingerprint density at radius 2 is 1.70 bits per heavy atom. The zero-order chi connectivity index (χ0) is 19.6. The molecular weight excluding hydrogens is 355 g/mol. The normalized spacial score (nSPS) is 23.0. The van der Waals surface area contributed by atoms with Gasteiger partial charge in [-0.25, -0.2) is 9.18 Å². The Morgan fingerprint density at radius 1 is 1.15 bits per heavy atom. The fourth-order valence-corrected chi connectivity index (χ4v) is 3.66. The molecule has 1 saturated heterocycles. The summed E-state index contributed by atoms with van der Waals surface area (Å²) in [5.74, 6) is -3.20. The molecule has 1 heterocycles. The number of fused-ring (bicyclic) bond motifs is 1. The molecule has 2 aliphatic rings. The first-order valence-corrected chi connectivity index (χ1v) is 8.97. The maximum Gasteiger partial charge on any atom is 0.329 e. The van der Waals surface area contributed by atoms with Crippen LogP contribution in [0.4, 0.5) is 10.1 Å². The third-order valence-electron chi connectivity index (χ3n) is 5.08. The first kappa shape index (κ1) is 19.0. The van der Waals surface area contributed by atoms with Gasteiger partial charge in [-0.15, -0.1) is 0 Å². The SMILES string of the molecule is C[C@@H](C(=O)OCC(=O)Nc1ccc(F)cc1)N1C(=O)[C@@H]2CCCC[C@H]2C1=O. The van der Waals surface area contributed by atoms with E-state index in [0.29, 0.717) is 18.5 Å². The maximum absolute atomic E-state index is 12.8. The molecule has 3 amide bonds. The Labute approximate surface area is 155 Å². The molecule has 3 rings (SSSR count). The molecule has 0 spiro atoms. The molecule has 0 aromatic heterocycles. The fourth-order valence-electron chi connectivity index (χ4n) is 3.66. The summed E-state index contributed by atoms with van der Waals surface area (Å²) in [7, 11) is 0. The van der Waals surface area contributed by atoms with E-state index in [-0.39, 0.29) is 23.7 Å². The molecule has 1 N–H and O–H groups in total. The highest BCUT2D eigenvalue weighted by Crippen LogP contribution is 2.38. The molecule has 7 nitrogen and oxygen atoms in total. The number of carbonyl (C=O) groups excluding carboxylic acids is 4. The summed E-state index contributed by atoms with van der Waals surface area (Å²) in [6.07, 6.45) is 3.12. The Kier molecular flexibility index (Phi) is 5.53. The van der Waals surface area contributed by atoms with Gasteiger partial charge in [0.1, 0.15) is 11.9 Å². The molecular formula is C19H21FN2O5. The number of benzene rings is 1. The Morgan fingerprint density at radius 3 is 2.26 bits per heavy atom. The van der Waals surface area contributed by atoms with Crippen LogP contribution >= 0.6 is 0 Å². The second kappa shape index (κ2) is 7.85. The van der Waals surface area contributed by atoms with Crippen molar-refractivity contribution in [1.29, 1.82) is 0 Å². The van der Waals surface area contributed by atoms with Crippen molar-refractivity contribution in [2.24, 2.45) is 11.8 Å². The van der Waals surface area contributed by atoms with Gasteiger partial charge >= 0.3 is 5.97 Å². The number of amides is 3. The number of ether oxygens (including phenoxy) is 1. The quantitative estimate of drug-likeness (QED) is 0.626. The maximum atomic E-state index is 12.8. The number of imide groups is 1. The van der Waals surface area contributed by atoms with Crippen molar-refractivity contribution in [1.82, 2.24) is 4.90 Å². The fraction of sp³-hybridized carbons (Fsp3) is 0.474. The van der Waals surface area contributed by atoms with Gasteiger partial charge in [0.25, 0.3) is 5.91 Å². The molecule has 1 aromatic carbocycles. The van der Waals surface area contributed by atoms with E-state index in [0.717, 1.165) is 17.7 Å². The zero-order valence-electron chi connectivity index (χ0n) is 14.9. The predicted octanol–water partition coefficient (Wildman–Crippen LogP) is 1.87. The van der Waals surface area contributed by atoms with Gasteiger partial charge in [-0.1, -0.05) is 12.8 Å². The highest BCUT2D eigenvalue weighted by atomic mass is 19.1. The summed E-state index contributed by atoms with van der Waals surface area (Å²) in [6, 6.07) is 4.05. The standard InChI is InChI=1S/C19H21FN2O5/c1-11(22-17(24)14-4-2-3-5-15(14)18(22)25)19(26)27-10-16(23)21-13-8-6-12(20)7-9-13/h6-9,11,14-15H,2-5,10H2,1H3,(H,21,23)/t11-,14+,15+/m0/s1. The summed E-state index contributed by atoms with van der Waals surface area (Å²) in [6.45, 7) is 0.858. The first-order chi connectivity index (χ1) is 12.9. The predicted molar refractivity (Wildman–Crippen MR) is 92.8 cm³/mol. The van der Waals surface area contributed by atoms with E-state index in [9.17, 15) is 23.6 Å². The number of hydrogen-bond acceptors (Lipinski definition) is 5. The topological polar surface area (TPSA) is 92.8 Å². The number of hydrogen-bond donors (Lipinski definition) is 1. The minimum absolute atomic E-state index is 0.329. The van der Waals surface area contributed by atoms with Crippen LogP contribution in [0.3, 0.4) is 0 Å². The van der Waals surface area contributed by atoms with Crippen molar-refractivity contribution >= 4 is 29.4 Å². The Bertz CT molecular complexity index is 740. The van der Waals surface area contributed by atoms with Crippen LogP contribution in [0, 0.1) is 17.7 Å². The summed E-state index contributed by atoms with van der Waals surface area (Å²) in [4.78, 5) is 50.0. The van der Waals surface area contributed by atoms with Crippen LogP contribution in [-0.4, -0.2) is 41.2 Å². The van der Waals surface area contributed by atoms with E-state index in [4.69, 9.17) is 4.74 Å². The van der Waals surface area contributed by atoms with Crippen LogP contribution in [0.15, 0.2) is 24.3 Å². The van der Waals surface area contributed by atoms with Crippen molar-refractivity contribution < 1.29 is 28.3 Å². The van der Waals surface area contributed by atoms with Gasteiger partial charge in [-0.05, 0) is 44.0 Å². The van der Waals surface area contributed by atoms with Crippen molar-refractivity contribution in [2.75, 3.05) is 11.9 Å². The number of rotatable bonds is 5. The lowest BCUT2D eigenvalue weighted by atomic mass is 9.81. The zero-order valence-corrected chi connectivity index (χ0v) is 14.9. The number of nitrogens with zero attached hydrogens (tertiary/aromatic N) is 1. The summed E-state index contributed by atoms with van der Waals surface area (Å²) in [5, 5.41) is 2.46. The molecule has 0 radical (unpaired) electrons. The van der Waals surface area contributed by atoms with Crippen LogP contribution < -0.4 is 5.32 Å². The second-order valence-corrected chi connectivity index (χ2v) is 6.88. The Hall–Kier alpha value is -2.77. The number of esters is 1. The van der Waals surface area contributed by atoms with Crippen LogP contribution in [0.25, 0.3) is 0 Å². The number of anilines is 1. The van der Waals surface area contributed by atoms with Gasteiger partial charge in [-0.3, -0.25) is 19.3 Å². The molecule has 3 atom stereocenters. The van der Waals surface area contributed by atoms with Crippen molar-refractivity contribution in [3.63, 3.8) is 0 Å². The van der Waals surface area contributed by atoms with Crippen LogP contribution in [0.5, 0.6) is 0 Å². The van der Waals surface area contributed by atoms with Gasteiger partial charge in [0, 0.05) is 5.69 Å². The van der Waals surface area contributed by atoms with E-state index >= 15 is 0 Å². The number of nitrogens with one attached hydrogen (secondary N) is 1. The first-order valence-electron chi connectivity index (χ1n) is 8.97. The summed E-state index contributed by atoms with van der Waals surface area (Å²) < 4.78 is 17.8. The summed E-state index contributed by atoms with van der Waals surface area (Å²) in [5.41, 5.74) is 0.361. The van der Waals surface area contributed by atoms with Crippen LogP contribution in [0.2, 0.25) is 0 Å². The molecule has 1 aliphatic carbocycles. The van der Waals surface area contributed by atoms with Crippen molar-refractivity contribution in [3.05, 3.63) is 30.1 Å². The highest BCUT2D eigenvalue weighted by Gasteiger charge is 2.51. The van der Waals surface area contributed by atoms with Crippen LogP contribution in [0.1, 0.15) is 32.6 Å². The molecule has 1 aliphatic heterocycles. The van der Waals surface area contributed by atoms with Gasteiger partial charge in [0.05, 0.1) is 11.8 Å². The average molecular weight is 376 g/mol. The van der Waals surface area contributed by atoms with Gasteiger partial charge in [-0.2, -0.15) is 0 Å². The second-order valence-electron chi connectivity index (χ2n) is 6.88. The molecule has 2 fully saturated rings. The minimum atomic E-state index is -1.07. The van der Waals surface area contributed by atoms with E-state index in [1.54, 1.807) is 0 Å². The molecule has 8 heteroatoms. The third kappa shape index (κ3) is 3.99. The van der Waals surface area contributed by atoms with Gasteiger partial charge in [0.2, 0.25) is 11.8 Å². The van der Waals surface area contributed by atoms with E-state index < -0.39 is 30.3 Å². The number of likely N-dealkylation sites (tertiary alicyclic amines) is 1. The third-order valence-corrected chi connectivity index (χ3v) is 5.08. The van der Waals surface area contributed by atoms with Gasteiger partial charge in [0.15, 0.2) is 6.61 Å². The van der Waals surface area contributed by atoms with Crippen molar-refractivity contribution in [3.8, 4) is 0 Å². The highest BCUT2D eigenvalue weighted by molar-refractivity contribution is 6.08. The van der Waals surface area contributed by atoms with E-state index in [1.165, 1.54) is 31.2 Å². The smallest absolute Gasteiger partial charge is 0.329 e. The van der Waals surface area contributed by atoms with Gasteiger partial charge < -0.3 is 10.1 Å². The molecule has 1 aromatic rings. The van der Waals surface area contributed by atoms with Crippen LogP contribution in [-0.2, 0) is 23.9 Å². The lowest BCUT2D eigenvalue weighted by molar-refractivity contribution is -0.159. The number of carbonyl (C=O) groups is 4. The molecule has 0 unspecified atom stereocenters. The molecule has 27 heavy (non-hydrogen) atoms. The van der Waals surface area contributed by atoms with E-state index in [2.05, 4.69) is 5.32 Å².